The van der Waals surface area contributed by atoms with Gasteiger partial charge in [0.25, 0.3) is 0 Å². The van der Waals surface area contributed by atoms with E-state index >= 15 is 0 Å². The number of amides is 3. The standard InChI is InChI=1S/C11H16N2O3/c14-9-6-11(3-1-4-11)12-10(15)13(9)8-2-5-16-7-8/h8H,1-7H2,(H,12,15). The molecule has 5 nitrogen and oxygen atoms in total. The molecule has 3 rings (SSSR count). The van der Waals surface area contributed by atoms with Gasteiger partial charge in [-0.1, -0.05) is 0 Å². The van der Waals surface area contributed by atoms with Gasteiger partial charge in [-0.3, -0.25) is 9.69 Å². The van der Waals surface area contributed by atoms with Crippen LogP contribution in [0.15, 0.2) is 0 Å². The molecule has 0 bridgehead atoms. The molecule has 2 heterocycles. The maximum absolute atomic E-state index is 12.0. The summed E-state index contributed by atoms with van der Waals surface area (Å²) in [4.78, 5) is 25.3. The third-order valence-corrected chi connectivity index (χ3v) is 3.93. The van der Waals surface area contributed by atoms with Crippen molar-refractivity contribution in [1.29, 1.82) is 0 Å². The van der Waals surface area contributed by atoms with Crippen LogP contribution in [0.2, 0.25) is 0 Å². The largest absolute Gasteiger partial charge is 0.379 e. The van der Waals surface area contributed by atoms with Crippen LogP contribution in [0.4, 0.5) is 4.79 Å². The van der Waals surface area contributed by atoms with Crippen molar-refractivity contribution < 1.29 is 14.3 Å². The fourth-order valence-electron chi connectivity index (χ4n) is 2.82. The molecule has 3 aliphatic rings. The fourth-order valence-corrected chi connectivity index (χ4v) is 2.82. The second-order valence-corrected chi connectivity index (χ2v) is 5.02. The Hall–Kier alpha value is -1.10. The third kappa shape index (κ3) is 1.42. The smallest absolute Gasteiger partial charge is 0.324 e. The topological polar surface area (TPSA) is 58.6 Å². The van der Waals surface area contributed by atoms with E-state index < -0.39 is 0 Å². The molecule has 1 atom stereocenters. The molecule has 1 unspecified atom stereocenters. The molecule has 0 aromatic carbocycles. The summed E-state index contributed by atoms with van der Waals surface area (Å²) in [5.41, 5.74) is -0.204. The van der Waals surface area contributed by atoms with Gasteiger partial charge < -0.3 is 10.1 Å². The molecule has 1 N–H and O–H groups in total. The zero-order chi connectivity index (χ0) is 11.2. The Balaban J connectivity index is 1.75. The van der Waals surface area contributed by atoms with Crippen molar-refractivity contribution in [3.8, 4) is 0 Å². The van der Waals surface area contributed by atoms with Gasteiger partial charge in [0.1, 0.15) is 0 Å². The summed E-state index contributed by atoms with van der Waals surface area (Å²) >= 11 is 0. The van der Waals surface area contributed by atoms with Crippen LogP contribution in [0.5, 0.6) is 0 Å². The van der Waals surface area contributed by atoms with Gasteiger partial charge >= 0.3 is 6.03 Å². The first kappa shape index (κ1) is 10.1. The number of nitrogens with one attached hydrogen (secondary N) is 1. The van der Waals surface area contributed by atoms with Crippen LogP contribution >= 0.6 is 0 Å². The lowest BCUT2D eigenvalue weighted by Gasteiger charge is -2.48. The summed E-state index contributed by atoms with van der Waals surface area (Å²) in [6.07, 6.45) is 4.24. The highest BCUT2D eigenvalue weighted by Crippen LogP contribution is 2.38. The maximum Gasteiger partial charge on any atom is 0.324 e. The Morgan fingerprint density at radius 3 is 2.69 bits per heavy atom. The Morgan fingerprint density at radius 1 is 1.38 bits per heavy atom. The molecule has 88 valence electrons. The third-order valence-electron chi connectivity index (χ3n) is 3.93. The maximum atomic E-state index is 12.0. The highest BCUT2D eigenvalue weighted by atomic mass is 16.5. The fraction of sp³-hybridized carbons (Fsp3) is 0.818. The van der Waals surface area contributed by atoms with Crippen LogP contribution in [-0.4, -0.2) is 41.6 Å². The van der Waals surface area contributed by atoms with Crippen molar-refractivity contribution in [3.63, 3.8) is 0 Å². The molecule has 1 saturated carbocycles. The number of nitrogens with zero attached hydrogens (tertiary/aromatic N) is 1. The summed E-state index contributed by atoms with van der Waals surface area (Å²) in [7, 11) is 0. The molecule has 2 aliphatic heterocycles. The van der Waals surface area contributed by atoms with Gasteiger partial charge in [-0.25, -0.2) is 4.79 Å². The van der Waals surface area contributed by atoms with E-state index in [-0.39, 0.29) is 23.5 Å². The molecule has 0 aromatic heterocycles. The Bertz CT molecular complexity index is 312. The summed E-state index contributed by atoms with van der Waals surface area (Å²) in [5.74, 6) is -0.0287. The molecular formula is C11H16N2O3. The number of hydrogen-bond acceptors (Lipinski definition) is 3. The van der Waals surface area contributed by atoms with Crippen molar-refractivity contribution >= 4 is 11.9 Å². The van der Waals surface area contributed by atoms with E-state index in [0.717, 1.165) is 25.7 Å². The van der Waals surface area contributed by atoms with E-state index in [0.29, 0.717) is 19.6 Å². The monoisotopic (exact) mass is 224 g/mol. The lowest BCUT2D eigenvalue weighted by molar-refractivity contribution is -0.135. The van der Waals surface area contributed by atoms with Gasteiger partial charge in [-0.15, -0.1) is 0 Å². The minimum absolute atomic E-state index is 0.0287. The summed E-state index contributed by atoms with van der Waals surface area (Å²) in [5, 5.41) is 3.00. The van der Waals surface area contributed by atoms with Crippen molar-refractivity contribution in [3.05, 3.63) is 0 Å². The Morgan fingerprint density at radius 2 is 2.19 bits per heavy atom. The van der Waals surface area contributed by atoms with E-state index in [1.807, 2.05) is 0 Å². The van der Waals surface area contributed by atoms with Gasteiger partial charge in [0.15, 0.2) is 0 Å². The molecule has 1 spiro atoms. The van der Waals surface area contributed by atoms with Crippen molar-refractivity contribution in [1.82, 2.24) is 10.2 Å². The molecule has 2 saturated heterocycles. The SMILES string of the molecule is O=C1CC2(CCC2)NC(=O)N1C1CCOC1. The first-order chi connectivity index (χ1) is 7.70. The zero-order valence-corrected chi connectivity index (χ0v) is 9.20. The average molecular weight is 224 g/mol. The van der Waals surface area contributed by atoms with Gasteiger partial charge in [-0.2, -0.15) is 0 Å². The van der Waals surface area contributed by atoms with Crippen LogP contribution < -0.4 is 5.32 Å². The van der Waals surface area contributed by atoms with Crippen LogP contribution in [-0.2, 0) is 9.53 Å². The van der Waals surface area contributed by atoms with Crippen LogP contribution in [0.1, 0.15) is 32.1 Å². The number of ether oxygens (including phenoxy) is 1. The second-order valence-electron chi connectivity index (χ2n) is 5.02. The molecule has 16 heavy (non-hydrogen) atoms. The van der Waals surface area contributed by atoms with E-state index in [4.69, 9.17) is 4.74 Å². The first-order valence-electron chi connectivity index (χ1n) is 5.92. The van der Waals surface area contributed by atoms with Crippen molar-refractivity contribution in [2.24, 2.45) is 0 Å². The highest BCUT2D eigenvalue weighted by molar-refractivity contribution is 5.98. The predicted octanol–water partition coefficient (Wildman–Crippen LogP) is 0.640. The lowest BCUT2D eigenvalue weighted by atomic mass is 9.73. The quantitative estimate of drug-likeness (QED) is 0.711. The minimum atomic E-state index is -0.216. The molecule has 5 heteroatoms. The number of imide groups is 1. The van der Waals surface area contributed by atoms with Crippen LogP contribution in [0, 0.1) is 0 Å². The number of urea groups is 1. The molecule has 3 amide bonds. The first-order valence-corrected chi connectivity index (χ1v) is 5.92. The summed E-state index contributed by atoms with van der Waals surface area (Å²) in [6, 6.07) is -0.267. The summed E-state index contributed by atoms with van der Waals surface area (Å²) < 4.78 is 5.23. The number of rotatable bonds is 1. The molecule has 0 aromatic rings. The van der Waals surface area contributed by atoms with Crippen molar-refractivity contribution in [2.75, 3.05) is 13.2 Å². The Labute approximate surface area is 94.1 Å². The molecule has 3 fully saturated rings. The molecule has 0 radical (unpaired) electrons. The number of carbonyl (C=O) groups excluding carboxylic acids is 2. The van der Waals surface area contributed by atoms with E-state index in [2.05, 4.69) is 5.32 Å². The summed E-state index contributed by atoms with van der Waals surface area (Å²) in [6.45, 7) is 1.14. The minimum Gasteiger partial charge on any atom is -0.379 e. The van der Waals surface area contributed by atoms with Crippen LogP contribution in [0.25, 0.3) is 0 Å². The zero-order valence-electron chi connectivity index (χ0n) is 9.20. The second kappa shape index (κ2) is 3.45. The predicted molar refractivity (Wildman–Crippen MR) is 55.8 cm³/mol. The van der Waals surface area contributed by atoms with E-state index in [1.54, 1.807) is 0 Å². The van der Waals surface area contributed by atoms with Crippen molar-refractivity contribution in [2.45, 2.75) is 43.7 Å². The number of carbonyl (C=O) groups is 2. The highest BCUT2D eigenvalue weighted by Gasteiger charge is 2.48. The molecule has 1 aliphatic carbocycles. The van der Waals surface area contributed by atoms with Gasteiger partial charge in [-0.05, 0) is 25.7 Å². The van der Waals surface area contributed by atoms with Gasteiger partial charge in [0, 0.05) is 6.61 Å². The Kier molecular flexibility index (Phi) is 2.17. The number of hydrogen-bond donors (Lipinski definition) is 1. The van der Waals surface area contributed by atoms with E-state index in [9.17, 15) is 9.59 Å². The van der Waals surface area contributed by atoms with E-state index in [1.165, 1.54) is 4.90 Å². The average Bonchev–Trinajstić information content (AvgIpc) is 2.67. The molecular weight excluding hydrogens is 208 g/mol. The van der Waals surface area contributed by atoms with Gasteiger partial charge in [0.2, 0.25) is 5.91 Å². The van der Waals surface area contributed by atoms with Crippen LogP contribution in [0.3, 0.4) is 0 Å². The van der Waals surface area contributed by atoms with Gasteiger partial charge in [0.05, 0.1) is 24.6 Å². The normalized spacial score (nSPS) is 32.8. The lowest BCUT2D eigenvalue weighted by Crippen LogP contribution is -2.66.